The molecule has 0 bridgehead atoms. The van der Waals surface area contributed by atoms with E-state index in [1.54, 1.807) is 14.0 Å². The van der Waals surface area contributed by atoms with Gasteiger partial charge in [0, 0.05) is 19.6 Å². The van der Waals surface area contributed by atoms with Gasteiger partial charge in [0.15, 0.2) is 6.29 Å². The summed E-state index contributed by atoms with van der Waals surface area (Å²) in [5.41, 5.74) is 5.62. The van der Waals surface area contributed by atoms with Crippen molar-refractivity contribution in [2.24, 2.45) is 5.73 Å². The molecule has 0 amide bonds. The van der Waals surface area contributed by atoms with Gasteiger partial charge in [0.2, 0.25) is 0 Å². The van der Waals surface area contributed by atoms with Crippen LogP contribution in [0, 0.1) is 0 Å². The Kier molecular flexibility index (Phi) is 5.04. The Hall–Kier alpha value is 0.130. The number of aliphatic hydroxyl groups is 1. The summed E-state index contributed by atoms with van der Waals surface area (Å²) >= 11 is 0. The number of methoxy groups -OCH3 is 1. The van der Waals surface area contributed by atoms with Crippen LogP contribution in [0.25, 0.3) is 0 Å². The molecule has 74 valence electrons. The van der Waals surface area contributed by atoms with Gasteiger partial charge in [-0.05, 0) is 6.92 Å². The first-order chi connectivity index (χ1) is 5.15. The van der Waals surface area contributed by atoms with E-state index in [2.05, 4.69) is 0 Å². The smallest absolute Gasteiger partial charge is 0.159 e. The summed E-state index contributed by atoms with van der Waals surface area (Å²) in [5.74, 6) is 0. The number of rotatable bonds is 1. The average Bonchev–Trinajstić information content (AvgIpc) is 1.99. The van der Waals surface area contributed by atoms with Gasteiger partial charge < -0.3 is 20.3 Å². The summed E-state index contributed by atoms with van der Waals surface area (Å²) in [6, 6.07) is -0.233. The highest BCUT2D eigenvalue weighted by molar-refractivity contribution is 5.85. The van der Waals surface area contributed by atoms with Crippen molar-refractivity contribution in [3.8, 4) is 0 Å². The molecule has 1 rings (SSSR count). The van der Waals surface area contributed by atoms with E-state index in [0.29, 0.717) is 6.42 Å². The zero-order valence-corrected chi connectivity index (χ0v) is 8.08. The Labute approximate surface area is 78.4 Å². The molecule has 0 spiro atoms. The topological polar surface area (TPSA) is 64.7 Å². The second-order valence-corrected chi connectivity index (χ2v) is 2.90. The third-order valence-electron chi connectivity index (χ3n) is 2.01. The van der Waals surface area contributed by atoms with Gasteiger partial charge in [0.05, 0.1) is 12.2 Å². The zero-order chi connectivity index (χ0) is 8.43. The maximum absolute atomic E-state index is 9.35. The van der Waals surface area contributed by atoms with Crippen LogP contribution >= 0.6 is 12.4 Å². The van der Waals surface area contributed by atoms with Crippen LogP contribution in [0.5, 0.6) is 0 Å². The number of halogens is 1. The van der Waals surface area contributed by atoms with Crippen LogP contribution in [0.1, 0.15) is 13.3 Å². The SMILES string of the molecule is CO[C@H]1C[C@H](N)[C@H](O)[C@H](C)O1.Cl. The van der Waals surface area contributed by atoms with Crippen molar-refractivity contribution >= 4 is 12.4 Å². The maximum Gasteiger partial charge on any atom is 0.159 e. The third kappa shape index (κ3) is 2.57. The summed E-state index contributed by atoms with van der Waals surface area (Å²) in [6.07, 6.45) is -0.504. The van der Waals surface area contributed by atoms with E-state index < -0.39 is 6.10 Å². The van der Waals surface area contributed by atoms with E-state index in [9.17, 15) is 5.11 Å². The van der Waals surface area contributed by atoms with Gasteiger partial charge in [-0.2, -0.15) is 0 Å². The molecule has 1 saturated heterocycles. The Bertz CT molecular complexity index is 124. The van der Waals surface area contributed by atoms with E-state index in [0.717, 1.165) is 0 Å². The van der Waals surface area contributed by atoms with Crippen molar-refractivity contribution in [3.05, 3.63) is 0 Å². The first-order valence-corrected chi connectivity index (χ1v) is 3.77. The van der Waals surface area contributed by atoms with Gasteiger partial charge in [-0.3, -0.25) is 0 Å². The largest absolute Gasteiger partial charge is 0.389 e. The Balaban J connectivity index is 0.00000121. The molecule has 1 aliphatic rings. The molecule has 1 aliphatic heterocycles. The minimum Gasteiger partial charge on any atom is -0.389 e. The van der Waals surface area contributed by atoms with Crippen molar-refractivity contribution in [3.63, 3.8) is 0 Å². The highest BCUT2D eigenvalue weighted by atomic mass is 35.5. The molecule has 1 fully saturated rings. The first-order valence-electron chi connectivity index (χ1n) is 3.77. The van der Waals surface area contributed by atoms with Gasteiger partial charge in [0.25, 0.3) is 0 Å². The van der Waals surface area contributed by atoms with Gasteiger partial charge >= 0.3 is 0 Å². The minimum absolute atomic E-state index is 0. The first kappa shape index (κ1) is 12.1. The molecule has 0 aromatic heterocycles. The second-order valence-electron chi connectivity index (χ2n) is 2.90. The van der Waals surface area contributed by atoms with Crippen molar-refractivity contribution in [2.75, 3.05) is 7.11 Å². The van der Waals surface area contributed by atoms with E-state index in [-0.39, 0.29) is 30.8 Å². The highest BCUT2D eigenvalue weighted by Gasteiger charge is 2.32. The molecule has 0 unspecified atom stereocenters. The second kappa shape index (κ2) is 4.99. The Morgan fingerprint density at radius 1 is 1.58 bits per heavy atom. The lowest BCUT2D eigenvalue weighted by Crippen LogP contribution is -2.51. The number of aliphatic hydroxyl groups excluding tert-OH is 1. The lowest BCUT2D eigenvalue weighted by Gasteiger charge is -2.35. The van der Waals surface area contributed by atoms with Crippen LogP contribution in [-0.4, -0.2) is 36.8 Å². The predicted molar refractivity (Wildman–Crippen MR) is 47.2 cm³/mol. The normalized spacial score (nSPS) is 42.0. The van der Waals surface area contributed by atoms with Crippen LogP contribution < -0.4 is 5.73 Å². The highest BCUT2D eigenvalue weighted by Crippen LogP contribution is 2.18. The van der Waals surface area contributed by atoms with Gasteiger partial charge in [-0.1, -0.05) is 0 Å². The van der Waals surface area contributed by atoms with Crippen LogP contribution in [0.4, 0.5) is 0 Å². The molecule has 12 heavy (non-hydrogen) atoms. The summed E-state index contributed by atoms with van der Waals surface area (Å²) in [4.78, 5) is 0. The number of nitrogens with two attached hydrogens (primary N) is 1. The maximum atomic E-state index is 9.35. The van der Waals surface area contributed by atoms with Crippen molar-refractivity contribution in [2.45, 2.75) is 37.9 Å². The summed E-state index contributed by atoms with van der Waals surface area (Å²) in [7, 11) is 1.57. The number of ether oxygens (including phenoxy) is 2. The molecule has 4 nitrogen and oxygen atoms in total. The van der Waals surface area contributed by atoms with E-state index in [1.165, 1.54) is 0 Å². The average molecular weight is 198 g/mol. The van der Waals surface area contributed by atoms with Gasteiger partial charge in [-0.25, -0.2) is 0 Å². The minimum atomic E-state index is -0.568. The molecule has 0 saturated carbocycles. The fourth-order valence-corrected chi connectivity index (χ4v) is 1.24. The third-order valence-corrected chi connectivity index (χ3v) is 2.01. The number of hydrogen-bond donors (Lipinski definition) is 2. The quantitative estimate of drug-likeness (QED) is 0.615. The molecule has 0 aromatic rings. The molecule has 0 radical (unpaired) electrons. The molecular weight excluding hydrogens is 182 g/mol. The molecular formula is C7H16ClNO3. The van der Waals surface area contributed by atoms with E-state index >= 15 is 0 Å². The van der Waals surface area contributed by atoms with Crippen LogP contribution in [0.2, 0.25) is 0 Å². The van der Waals surface area contributed by atoms with E-state index in [1.807, 2.05) is 0 Å². The number of hydrogen-bond acceptors (Lipinski definition) is 4. The van der Waals surface area contributed by atoms with E-state index in [4.69, 9.17) is 15.2 Å². The standard InChI is InChI=1S/C7H15NO3.ClH/c1-4-7(9)5(8)3-6(10-2)11-4;/h4-7,9H,3,8H2,1-2H3;1H/t4-,5-,6+,7+;/m0./s1. The molecule has 0 aliphatic carbocycles. The lowest BCUT2D eigenvalue weighted by molar-refractivity contribution is -0.211. The fraction of sp³-hybridized carbons (Fsp3) is 1.00. The molecule has 1 heterocycles. The van der Waals surface area contributed by atoms with Gasteiger partial charge in [-0.15, -0.1) is 12.4 Å². The monoisotopic (exact) mass is 197 g/mol. The van der Waals surface area contributed by atoms with Gasteiger partial charge in [0.1, 0.15) is 0 Å². The van der Waals surface area contributed by atoms with Crippen molar-refractivity contribution < 1.29 is 14.6 Å². The molecule has 4 atom stereocenters. The fourth-order valence-electron chi connectivity index (χ4n) is 1.24. The predicted octanol–water partition coefficient (Wildman–Crippen LogP) is -0.122. The summed E-state index contributed by atoms with van der Waals surface area (Å²) < 4.78 is 10.2. The van der Waals surface area contributed by atoms with Crippen molar-refractivity contribution in [1.29, 1.82) is 0 Å². The lowest BCUT2D eigenvalue weighted by atomic mass is 10.0. The molecule has 0 aromatic carbocycles. The van der Waals surface area contributed by atoms with Crippen molar-refractivity contribution in [1.82, 2.24) is 0 Å². The zero-order valence-electron chi connectivity index (χ0n) is 7.27. The van der Waals surface area contributed by atoms with Crippen LogP contribution in [0.3, 0.4) is 0 Å². The molecule has 3 N–H and O–H groups in total. The Morgan fingerprint density at radius 3 is 2.58 bits per heavy atom. The summed E-state index contributed by atoms with van der Waals surface area (Å²) in [6.45, 7) is 1.79. The summed E-state index contributed by atoms with van der Waals surface area (Å²) in [5, 5.41) is 9.35. The molecule has 5 heteroatoms. The van der Waals surface area contributed by atoms with Crippen LogP contribution in [-0.2, 0) is 9.47 Å². The van der Waals surface area contributed by atoms with Crippen LogP contribution in [0.15, 0.2) is 0 Å². The Morgan fingerprint density at radius 2 is 2.17 bits per heavy atom.